The number of imide groups is 1. The van der Waals surface area contributed by atoms with Gasteiger partial charge in [-0.3, -0.25) is 14.5 Å². The van der Waals surface area contributed by atoms with Crippen molar-refractivity contribution < 1.29 is 22.2 Å². The van der Waals surface area contributed by atoms with E-state index in [-0.39, 0.29) is 32.1 Å². The minimum absolute atomic E-state index is 0.0428. The van der Waals surface area contributed by atoms with Crippen LogP contribution in [0.1, 0.15) is 16.7 Å². The van der Waals surface area contributed by atoms with Gasteiger partial charge in [-0.25, -0.2) is 0 Å². The molecule has 6 nitrogen and oxygen atoms in total. The van der Waals surface area contributed by atoms with E-state index in [1.807, 2.05) is 31.2 Å². The first-order valence-electron chi connectivity index (χ1n) is 10.0. The molecule has 1 heterocycles. The zero-order valence-electron chi connectivity index (χ0n) is 18.0. The van der Waals surface area contributed by atoms with Gasteiger partial charge in [0.1, 0.15) is 4.90 Å². The van der Waals surface area contributed by atoms with Gasteiger partial charge in [-0.15, -0.1) is 0 Å². The molecule has 0 N–H and O–H groups in total. The molecule has 3 aromatic carbocycles. The van der Waals surface area contributed by atoms with Crippen LogP contribution in [-0.4, -0.2) is 24.5 Å². The number of amides is 2. The average molecular weight is 613 g/mol. The molecule has 0 atom stereocenters. The lowest BCUT2D eigenvalue weighted by Gasteiger charge is -2.12. The van der Waals surface area contributed by atoms with Gasteiger partial charge < -0.3 is 4.18 Å². The Labute approximate surface area is 225 Å². The van der Waals surface area contributed by atoms with Crippen LogP contribution in [0.2, 0.25) is 10.0 Å². The van der Waals surface area contributed by atoms with Crippen molar-refractivity contribution in [3.05, 3.63) is 96.8 Å². The fourth-order valence-electron chi connectivity index (χ4n) is 3.17. The van der Waals surface area contributed by atoms with Crippen LogP contribution in [0.4, 0.5) is 4.79 Å². The zero-order chi connectivity index (χ0) is 25.3. The van der Waals surface area contributed by atoms with Gasteiger partial charge in [-0.2, -0.15) is 8.42 Å². The first-order chi connectivity index (χ1) is 16.5. The van der Waals surface area contributed by atoms with Crippen LogP contribution in [0, 0.1) is 6.92 Å². The van der Waals surface area contributed by atoms with Crippen molar-refractivity contribution >= 4 is 78.2 Å². The summed E-state index contributed by atoms with van der Waals surface area (Å²) in [5, 5.41) is -0.521. The van der Waals surface area contributed by atoms with Crippen molar-refractivity contribution in [2.45, 2.75) is 18.4 Å². The van der Waals surface area contributed by atoms with Gasteiger partial charge in [0.25, 0.3) is 11.1 Å². The number of hydrogen-bond donors (Lipinski definition) is 0. The van der Waals surface area contributed by atoms with E-state index in [2.05, 4.69) is 15.9 Å². The number of hydrogen-bond acceptors (Lipinski definition) is 6. The second-order valence-electron chi connectivity index (χ2n) is 7.56. The third-order valence-electron chi connectivity index (χ3n) is 4.95. The number of thioether (sulfide) groups is 1. The van der Waals surface area contributed by atoms with E-state index in [1.54, 1.807) is 12.1 Å². The highest BCUT2D eigenvalue weighted by Crippen LogP contribution is 2.39. The first-order valence-corrected chi connectivity index (χ1v) is 13.8. The fourth-order valence-corrected chi connectivity index (χ4v) is 5.91. The zero-order valence-corrected chi connectivity index (χ0v) is 22.7. The molecule has 11 heteroatoms. The Balaban J connectivity index is 1.55. The summed E-state index contributed by atoms with van der Waals surface area (Å²) < 4.78 is 31.3. The average Bonchev–Trinajstić information content (AvgIpc) is 3.05. The molecular formula is C24H16BrCl2NO5S2. The van der Waals surface area contributed by atoms with E-state index in [0.717, 1.165) is 32.3 Å². The Morgan fingerprint density at radius 1 is 1.00 bits per heavy atom. The maximum atomic E-state index is 12.8. The number of rotatable bonds is 6. The molecule has 0 unspecified atom stereocenters. The van der Waals surface area contributed by atoms with E-state index in [1.165, 1.54) is 30.3 Å². The number of nitrogens with zero attached hydrogens (tertiary/aromatic N) is 1. The molecule has 1 saturated heterocycles. The third-order valence-corrected chi connectivity index (χ3v) is 8.18. The van der Waals surface area contributed by atoms with Crippen molar-refractivity contribution in [1.29, 1.82) is 0 Å². The maximum Gasteiger partial charge on any atom is 0.339 e. The Hall–Kier alpha value is -2.30. The highest BCUT2D eigenvalue weighted by atomic mass is 79.9. The monoisotopic (exact) mass is 611 g/mol. The van der Waals surface area contributed by atoms with Crippen molar-refractivity contribution in [3.63, 3.8) is 0 Å². The second kappa shape index (κ2) is 10.4. The summed E-state index contributed by atoms with van der Waals surface area (Å²) in [4.78, 5) is 26.6. The summed E-state index contributed by atoms with van der Waals surface area (Å²) in [5.74, 6) is -0.674. The molecule has 0 bridgehead atoms. The van der Waals surface area contributed by atoms with Gasteiger partial charge in [0, 0.05) is 4.47 Å². The molecule has 1 fully saturated rings. The van der Waals surface area contributed by atoms with Crippen LogP contribution in [-0.2, 0) is 21.5 Å². The minimum Gasteiger partial charge on any atom is -0.376 e. The highest BCUT2D eigenvalue weighted by molar-refractivity contribution is 9.10. The summed E-state index contributed by atoms with van der Waals surface area (Å²) >= 11 is 16.7. The van der Waals surface area contributed by atoms with Crippen molar-refractivity contribution in [2.75, 3.05) is 0 Å². The number of halogens is 3. The van der Waals surface area contributed by atoms with E-state index in [9.17, 15) is 18.0 Å². The molecule has 0 spiro atoms. The van der Waals surface area contributed by atoms with Gasteiger partial charge in [-0.1, -0.05) is 69.0 Å². The van der Waals surface area contributed by atoms with Crippen LogP contribution in [0.15, 0.2) is 74.9 Å². The van der Waals surface area contributed by atoms with Gasteiger partial charge in [0.15, 0.2) is 5.75 Å². The smallest absolute Gasteiger partial charge is 0.339 e. The quantitative estimate of drug-likeness (QED) is 0.219. The van der Waals surface area contributed by atoms with Crippen LogP contribution in [0.5, 0.6) is 5.75 Å². The third kappa shape index (κ3) is 5.92. The van der Waals surface area contributed by atoms with Crippen molar-refractivity contribution in [3.8, 4) is 5.75 Å². The predicted molar refractivity (Wildman–Crippen MR) is 141 cm³/mol. The fraction of sp³-hybridized carbons (Fsp3) is 0.0833. The van der Waals surface area contributed by atoms with Crippen LogP contribution >= 0.6 is 50.9 Å². The maximum absolute atomic E-state index is 12.8. The molecule has 35 heavy (non-hydrogen) atoms. The Morgan fingerprint density at radius 3 is 2.20 bits per heavy atom. The van der Waals surface area contributed by atoms with E-state index in [0.29, 0.717) is 5.56 Å². The van der Waals surface area contributed by atoms with Crippen molar-refractivity contribution in [1.82, 2.24) is 4.90 Å². The van der Waals surface area contributed by atoms with E-state index < -0.39 is 21.3 Å². The van der Waals surface area contributed by atoms with Crippen LogP contribution in [0.3, 0.4) is 0 Å². The SMILES string of the molecule is Cc1ccc(S(=O)(=O)Oc2c(Cl)cc(/C=C3\SC(=O)N(Cc4ccc(Br)cc4)C3=O)cc2Cl)cc1. The summed E-state index contributed by atoms with van der Waals surface area (Å²) in [6.45, 7) is 1.97. The number of carbonyl (C=O) groups excluding carboxylic acids is 2. The lowest BCUT2D eigenvalue weighted by Crippen LogP contribution is -2.27. The number of aryl methyl sites for hydroxylation is 1. The predicted octanol–water partition coefficient (Wildman–Crippen LogP) is 7.07. The minimum atomic E-state index is -4.16. The van der Waals surface area contributed by atoms with Crippen LogP contribution in [0.25, 0.3) is 6.08 Å². The molecule has 0 radical (unpaired) electrons. The molecule has 180 valence electrons. The van der Waals surface area contributed by atoms with Crippen LogP contribution < -0.4 is 4.18 Å². The number of benzene rings is 3. The molecule has 1 aliphatic rings. The van der Waals surface area contributed by atoms with Crippen molar-refractivity contribution in [2.24, 2.45) is 0 Å². The lowest BCUT2D eigenvalue weighted by molar-refractivity contribution is -0.123. The van der Waals surface area contributed by atoms with Gasteiger partial charge in [0.2, 0.25) is 0 Å². The second-order valence-corrected chi connectivity index (χ2v) is 11.8. The summed E-state index contributed by atoms with van der Waals surface area (Å²) in [5.41, 5.74) is 2.11. The summed E-state index contributed by atoms with van der Waals surface area (Å²) in [6.07, 6.45) is 1.47. The molecule has 1 aliphatic heterocycles. The molecule has 0 saturated carbocycles. The van der Waals surface area contributed by atoms with E-state index >= 15 is 0 Å². The lowest BCUT2D eigenvalue weighted by atomic mass is 10.2. The Bertz CT molecular complexity index is 1430. The van der Waals surface area contributed by atoms with Gasteiger partial charge >= 0.3 is 10.1 Å². The molecule has 3 aromatic rings. The van der Waals surface area contributed by atoms with Gasteiger partial charge in [-0.05, 0) is 72.3 Å². The topological polar surface area (TPSA) is 80.8 Å². The normalized spacial score (nSPS) is 15.2. The largest absolute Gasteiger partial charge is 0.376 e. The standard InChI is InChI=1S/C24H16BrCl2NO5S2/c1-14-2-8-18(9-3-14)35(31,32)33-22-19(26)10-16(11-20(22)27)12-21-23(29)28(24(30)34-21)13-15-4-6-17(25)7-5-15/h2-12H,13H2,1H3/b21-12-. The summed E-state index contributed by atoms with van der Waals surface area (Å²) in [6, 6.07) is 16.3. The molecule has 0 aliphatic carbocycles. The summed E-state index contributed by atoms with van der Waals surface area (Å²) in [7, 11) is -4.16. The van der Waals surface area contributed by atoms with E-state index in [4.69, 9.17) is 27.4 Å². The number of carbonyl (C=O) groups is 2. The molecule has 2 amide bonds. The molecular weight excluding hydrogens is 597 g/mol. The molecule has 0 aromatic heterocycles. The highest BCUT2D eigenvalue weighted by Gasteiger charge is 2.35. The first kappa shape index (κ1) is 25.8. The van der Waals surface area contributed by atoms with Gasteiger partial charge in [0.05, 0.1) is 21.5 Å². The Morgan fingerprint density at radius 2 is 1.60 bits per heavy atom. The Kier molecular flexibility index (Phi) is 7.63. The molecule has 4 rings (SSSR count).